The smallest absolute Gasteiger partial charge is 0.260 e. The number of carbonyl (C=O) groups is 2. The fourth-order valence-electron chi connectivity index (χ4n) is 6.80. The molecule has 0 radical (unpaired) electrons. The summed E-state index contributed by atoms with van der Waals surface area (Å²) in [6.45, 7) is 10.1. The van der Waals surface area contributed by atoms with Crippen molar-refractivity contribution in [3.63, 3.8) is 0 Å². The number of aliphatic hydroxyl groups excluding tert-OH is 4. The topological polar surface area (TPSA) is 127 Å². The highest BCUT2D eigenvalue weighted by Gasteiger charge is 2.55. The predicted octanol–water partition coefficient (Wildman–Crippen LogP) is 3.58. The van der Waals surface area contributed by atoms with E-state index in [1.165, 1.54) is 0 Å². The number of carbonyl (C=O) groups excluding carboxylic acids is 2. The second-order valence-electron chi connectivity index (χ2n) is 11.4. The first-order valence-electron chi connectivity index (χ1n) is 13.3. The quantitative estimate of drug-likeness (QED) is 0.114. The molecule has 0 aromatic rings. The van der Waals surface area contributed by atoms with Crippen LogP contribution in [0.15, 0.2) is 47.8 Å². The Labute approximate surface area is 214 Å². The highest BCUT2D eigenvalue weighted by Crippen LogP contribution is 2.58. The minimum Gasteiger partial charge on any atom is -0.511 e. The number of ketones is 1. The van der Waals surface area contributed by atoms with E-state index in [4.69, 9.17) is 0 Å². The van der Waals surface area contributed by atoms with E-state index in [9.17, 15) is 30.0 Å². The molecule has 1 heterocycles. The van der Waals surface area contributed by atoms with Gasteiger partial charge in [0.25, 0.3) is 5.91 Å². The second kappa shape index (κ2) is 11.4. The molecule has 2 aliphatic carbocycles. The molecular formula is C29H43NO6. The minimum absolute atomic E-state index is 0.00231. The number of hydrogen-bond acceptors (Lipinski definition) is 6. The van der Waals surface area contributed by atoms with Crippen LogP contribution in [0.25, 0.3) is 0 Å². The van der Waals surface area contributed by atoms with Gasteiger partial charge in [0.05, 0.1) is 12.2 Å². The highest BCUT2D eigenvalue weighted by molar-refractivity contribution is 6.26. The van der Waals surface area contributed by atoms with E-state index in [-0.39, 0.29) is 40.9 Å². The molecule has 1 amide bonds. The van der Waals surface area contributed by atoms with Gasteiger partial charge in [-0.3, -0.25) is 9.59 Å². The first kappa shape index (κ1) is 28.4. The van der Waals surface area contributed by atoms with Crippen molar-refractivity contribution in [1.82, 2.24) is 5.32 Å². The van der Waals surface area contributed by atoms with Gasteiger partial charge in [0.15, 0.2) is 6.23 Å². The van der Waals surface area contributed by atoms with Crippen molar-refractivity contribution in [1.29, 1.82) is 0 Å². The van der Waals surface area contributed by atoms with E-state index in [1.807, 2.05) is 39.0 Å². The van der Waals surface area contributed by atoms with Crippen molar-refractivity contribution in [3.05, 3.63) is 47.8 Å². The molecule has 1 aliphatic heterocycles. The largest absolute Gasteiger partial charge is 0.511 e. The lowest BCUT2D eigenvalue weighted by molar-refractivity contribution is -0.123. The molecule has 0 aromatic carbocycles. The molecule has 7 heteroatoms. The van der Waals surface area contributed by atoms with Crippen molar-refractivity contribution in [2.45, 2.75) is 78.7 Å². The monoisotopic (exact) mass is 501 g/mol. The van der Waals surface area contributed by atoms with Gasteiger partial charge in [-0.2, -0.15) is 0 Å². The number of aliphatic hydroxyl groups is 4. The normalized spacial score (nSPS) is 38.8. The van der Waals surface area contributed by atoms with Crippen LogP contribution in [0.5, 0.6) is 0 Å². The Morgan fingerprint density at radius 2 is 1.83 bits per heavy atom. The number of Topliss-reactive ketones (excluding diaryl/α,β-unsaturated/α-hetero) is 1. The summed E-state index contributed by atoms with van der Waals surface area (Å²) in [5.74, 6) is -1.28. The lowest BCUT2D eigenvalue weighted by Crippen LogP contribution is -2.49. The van der Waals surface area contributed by atoms with Gasteiger partial charge in [0.1, 0.15) is 11.3 Å². The average Bonchev–Trinajstić information content (AvgIpc) is 3.07. The Morgan fingerprint density at radius 1 is 1.17 bits per heavy atom. The lowest BCUT2D eigenvalue weighted by atomic mass is 9.50. The van der Waals surface area contributed by atoms with E-state index >= 15 is 0 Å². The Bertz CT molecular complexity index is 951. The number of hydrogen-bond donors (Lipinski definition) is 5. The van der Waals surface area contributed by atoms with Crippen LogP contribution in [0.1, 0.15) is 60.3 Å². The predicted molar refractivity (Wildman–Crippen MR) is 138 cm³/mol. The first-order valence-corrected chi connectivity index (χ1v) is 13.3. The summed E-state index contributed by atoms with van der Waals surface area (Å²) in [4.78, 5) is 25.1. The van der Waals surface area contributed by atoms with Gasteiger partial charge in [-0.25, -0.2) is 0 Å². The molecule has 10 unspecified atom stereocenters. The van der Waals surface area contributed by atoms with Crippen LogP contribution in [0.4, 0.5) is 0 Å². The molecule has 2 fully saturated rings. The molecule has 0 spiro atoms. The van der Waals surface area contributed by atoms with Crippen LogP contribution in [-0.2, 0) is 9.59 Å². The molecule has 3 rings (SSSR count). The average molecular weight is 502 g/mol. The van der Waals surface area contributed by atoms with Crippen molar-refractivity contribution in [2.24, 2.45) is 40.9 Å². The van der Waals surface area contributed by atoms with Crippen LogP contribution < -0.4 is 5.32 Å². The highest BCUT2D eigenvalue weighted by atomic mass is 16.3. The van der Waals surface area contributed by atoms with Crippen LogP contribution in [0, 0.1) is 40.9 Å². The van der Waals surface area contributed by atoms with Gasteiger partial charge in [0, 0.05) is 11.3 Å². The molecule has 36 heavy (non-hydrogen) atoms. The Morgan fingerprint density at radius 3 is 2.44 bits per heavy atom. The van der Waals surface area contributed by atoms with Crippen LogP contribution in [-0.4, -0.2) is 50.6 Å². The van der Waals surface area contributed by atoms with E-state index in [2.05, 4.69) is 25.2 Å². The van der Waals surface area contributed by atoms with Crippen LogP contribution >= 0.6 is 0 Å². The standard InChI is InChI=1S/C29H43NO6/c1-6-22(32)17(3)9-7-8-10-21(31)15-20-12-11-19-14-16(2)13-18(4)24(19)29(20,5)26(34)23-25(33)28(36)30-27(23)35/h7-12,16-22,24,28,31-32,34,36H,6,13-15H2,1-5H3,(H,30,35). The zero-order valence-electron chi connectivity index (χ0n) is 22.1. The second-order valence-corrected chi connectivity index (χ2v) is 11.4. The fraction of sp³-hybridized carbons (Fsp3) is 0.655. The summed E-state index contributed by atoms with van der Waals surface area (Å²) in [6, 6.07) is 0. The third kappa shape index (κ3) is 5.53. The van der Waals surface area contributed by atoms with Gasteiger partial charge >= 0.3 is 0 Å². The van der Waals surface area contributed by atoms with E-state index in [1.54, 1.807) is 12.2 Å². The van der Waals surface area contributed by atoms with Crippen molar-refractivity contribution in [3.8, 4) is 0 Å². The van der Waals surface area contributed by atoms with Gasteiger partial charge in [-0.15, -0.1) is 0 Å². The molecule has 10 atom stereocenters. The first-order chi connectivity index (χ1) is 16.9. The molecule has 0 bridgehead atoms. The Kier molecular flexibility index (Phi) is 9.02. The summed E-state index contributed by atoms with van der Waals surface area (Å²) in [5.41, 5.74) is -1.33. The molecule has 3 aliphatic rings. The van der Waals surface area contributed by atoms with Crippen molar-refractivity contribution >= 4 is 11.7 Å². The summed E-state index contributed by atoms with van der Waals surface area (Å²) in [6.07, 6.45) is 11.3. The molecule has 0 aromatic heterocycles. The Balaban J connectivity index is 1.93. The zero-order valence-corrected chi connectivity index (χ0v) is 22.1. The molecule has 200 valence electrons. The minimum atomic E-state index is -1.65. The van der Waals surface area contributed by atoms with Crippen molar-refractivity contribution < 1.29 is 30.0 Å². The molecular weight excluding hydrogens is 458 g/mol. The third-order valence-corrected chi connectivity index (χ3v) is 8.69. The summed E-state index contributed by atoms with van der Waals surface area (Å²) in [7, 11) is 0. The Hall–Kier alpha value is -2.22. The van der Waals surface area contributed by atoms with Crippen molar-refractivity contribution in [2.75, 3.05) is 0 Å². The number of rotatable bonds is 8. The van der Waals surface area contributed by atoms with E-state index in [0.717, 1.165) is 12.8 Å². The van der Waals surface area contributed by atoms with Gasteiger partial charge in [-0.1, -0.05) is 71.1 Å². The summed E-state index contributed by atoms with van der Waals surface area (Å²) < 4.78 is 0. The molecule has 7 nitrogen and oxygen atoms in total. The maximum atomic E-state index is 12.6. The van der Waals surface area contributed by atoms with Gasteiger partial charge < -0.3 is 25.7 Å². The SMILES string of the molecule is CCC(O)C(C)C=CC=CC(O)CC1C=CC2CC(C)CC(C)C2C1(C)C(O)=C1C(=O)NC(O)C1=O. The van der Waals surface area contributed by atoms with Gasteiger partial charge in [0.2, 0.25) is 5.78 Å². The van der Waals surface area contributed by atoms with Gasteiger partial charge in [-0.05, 0) is 55.3 Å². The van der Waals surface area contributed by atoms with Crippen LogP contribution in [0.2, 0.25) is 0 Å². The zero-order chi connectivity index (χ0) is 26.8. The lowest BCUT2D eigenvalue weighted by Gasteiger charge is -2.54. The molecule has 5 N–H and O–H groups in total. The number of nitrogens with one attached hydrogen (secondary N) is 1. The maximum absolute atomic E-state index is 12.6. The fourth-order valence-corrected chi connectivity index (χ4v) is 6.80. The third-order valence-electron chi connectivity index (χ3n) is 8.69. The number of fused-ring (bicyclic) bond motifs is 1. The van der Waals surface area contributed by atoms with Crippen LogP contribution in [0.3, 0.4) is 0 Å². The summed E-state index contributed by atoms with van der Waals surface area (Å²) in [5, 5.41) is 44.4. The van der Waals surface area contributed by atoms with E-state index < -0.39 is 35.5 Å². The molecule has 1 saturated carbocycles. The number of allylic oxidation sites excluding steroid dienone is 5. The number of amides is 1. The maximum Gasteiger partial charge on any atom is 0.260 e. The van der Waals surface area contributed by atoms with E-state index in [0.29, 0.717) is 18.8 Å². The molecule has 1 saturated heterocycles. The summed E-state index contributed by atoms with van der Waals surface area (Å²) >= 11 is 0.